The van der Waals surface area contributed by atoms with Crippen molar-refractivity contribution < 1.29 is 14.3 Å². The maximum Gasteiger partial charge on any atom is 0.255 e. The molecule has 1 aromatic carbocycles. The molecule has 2 fully saturated rings. The Kier molecular flexibility index (Phi) is 6.07. The van der Waals surface area contributed by atoms with Crippen LogP contribution in [0.3, 0.4) is 0 Å². The van der Waals surface area contributed by atoms with Crippen LogP contribution in [0.1, 0.15) is 37.7 Å². The number of nitrogens with one attached hydrogen (secondary N) is 1. The lowest BCUT2D eigenvalue weighted by atomic mass is 9.86. The molecule has 2 aliphatic carbocycles. The minimum atomic E-state index is -0.551. The summed E-state index contributed by atoms with van der Waals surface area (Å²) in [5.41, 5.74) is 6.14. The van der Waals surface area contributed by atoms with Gasteiger partial charge in [-0.25, -0.2) is 0 Å². The van der Waals surface area contributed by atoms with Crippen molar-refractivity contribution >= 4 is 17.5 Å². The van der Waals surface area contributed by atoms with E-state index in [1.54, 1.807) is 7.11 Å². The molecular formula is C19H27ClN2O3. The predicted octanol–water partition coefficient (Wildman–Crippen LogP) is 3.13. The third-order valence-corrected chi connectivity index (χ3v) is 5.83. The van der Waals surface area contributed by atoms with Gasteiger partial charge in [0.25, 0.3) is 5.91 Å². The first-order valence-electron chi connectivity index (χ1n) is 9.05. The zero-order valence-corrected chi connectivity index (χ0v) is 15.5. The minimum Gasteiger partial charge on any atom is -0.493 e. The van der Waals surface area contributed by atoms with Gasteiger partial charge in [0.1, 0.15) is 0 Å². The molecular weight excluding hydrogens is 340 g/mol. The first-order chi connectivity index (χ1) is 12.1. The van der Waals surface area contributed by atoms with E-state index in [1.165, 1.54) is 32.1 Å². The number of amides is 1. The Labute approximate surface area is 154 Å². The highest BCUT2D eigenvalue weighted by molar-refractivity contribution is 6.32. The summed E-state index contributed by atoms with van der Waals surface area (Å²) < 4.78 is 10.7. The second-order valence-electron chi connectivity index (χ2n) is 7.26. The molecule has 3 rings (SSSR count). The zero-order valence-electron chi connectivity index (χ0n) is 14.7. The number of carbonyl (C=O) groups excluding carboxylic acids is 1. The van der Waals surface area contributed by atoms with Crippen LogP contribution < -0.4 is 20.5 Å². The van der Waals surface area contributed by atoms with Crippen molar-refractivity contribution in [1.82, 2.24) is 5.32 Å². The largest absolute Gasteiger partial charge is 0.493 e. The summed E-state index contributed by atoms with van der Waals surface area (Å²) in [6, 6.07) is 3.72. The monoisotopic (exact) mass is 366 g/mol. The van der Waals surface area contributed by atoms with Gasteiger partial charge < -0.3 is 20.5 Å². The van der Waals surface area contributed by atoms with Crippen LogP contribution in [0.15, 0.2) is 12.1 Å². The van der Waals surface area contributed by atoms with Gasteiger partial charge in [-0.1, -0.05) is 18.0 Å². The van der Waals surface area contributed by atoms with E-state index in [1.807, 2.05) is 12.1 Å². The summed E-state index contributed by atoms with van der Waals surface area (Å²) in [4.78, 5) is 10.9. The topological polar surface area (TPSA) is 73.6 Å². The number of carbonyl (C=O) groups is 1. The molecule has 0 saturated heterocycles. The number of nitrogens with two attached hydrogens (primary N) is 1. The van der Waals surface area contributed by atoms with E-state index in [4.69, 9.17) is 26.8 Å². The van der Waals surface area contributed by atoms with Crippen molar-refractivity contribution in [2.24, 2.45) is 23.5 Å². The standard InChI is InChI=1S/C19H27ClN2O3/c1-24-17-9-13(8-16(20)19(17)25-11-18(21)23)10-22-5-4-15-7-12-2-3-14(15)6-12/h8-9,12,14-15,22H,2-7,10-11H2,1H3,(H2,21,23). The molecule has 3 N–H and O–H groups in total. The zero-order chi connectivity index (χ0) is 17.8. The highest BCUT2D eigenvalue weighted by Crippen LogP contribution is 2.49. The molecule has 25 heavy (non-hydrogen) atoms. The number of hydrogen-bond donors (Lipinski definition) is 2. The van der Waals surface area contributed by atoms with Crippen LogP contribution in [0, 0.1) is 17.8 Å². The van der Waals surface area contributed by atoms with Gasteiger partial charge >= 0.3 is 0 Å². The number of primary amides is 1. The normalized spacial score (nSPS) is 24.5. The molecule has 1 aromatic rings. The van der Waals surface area contributed by atoms with Gasteiger partial charge in [0, 0.05) is 6.54 Å². The van der Waals surface area contributed by atoms with E-state index in [-0.39, 0.29) is 6.61 Å². The number of ether oxygens (including phenoxy) is 2. The first kappa shape index (κ1) is 18.3. The van der Waals surface area contributed by atoms with E-state index >= 15 is 0 Å². The molecule has 0 aromatic heterocycles. The predicted molar refractivity (Wildman–Crippen MR) is 98.0 cm³/mol. The van der Waals surface area contributed by atoms with E-state index in [9.17, 15) is 4.79 Å². The average molecular weight is 367 g/mol. The van der Waals surface area contributed by atoms with Gasteiger partial charge in [-0.05, 0) is 67.7 Å². The number of rotatable bonds is 9. The summed E-state index contributed by atoms with van der Waals surface area (Å²) >= 11 is 6.27. The highest BCUT2D eigenvalue weighted by Gasteiger charge is 2.38. The van der Waals surface area contributed by atoms with Gasteiger partial charge in [0.05, 0.1) is 12.1 Å². The SMILES string of the molecule is COc1cc(CNCCC2CC3CCC2C3)cc(Cl)c1OCC(N)=O. The number of methoxy groups -OCH3 is 1. The second-order valence-corrected chi connectivity index (χ2v) is 7.67. The minimum absolute atomic E-state index is 0.225. The van der Waals surface area contributed by atoms with Crippen LogP contribution in [0.4, 0.5) is 0 Å². The van der Waals surface area contributed by atoms with Crippen molar-refractivity contribution in [3.63, 3.8) is 0 Å². The molecule has 5 nitrogen and oxygen atoms in total. The number of halogens is 1. The Balaban J connectivity index is 1.50. The van der Waals surface area contributed by atoms with Crippen LogP contribution in [0.25, 0.3) is 0 Å². The van der Waals surface area contributed by atoms with Gasteiger partial charge in [-0.3, -0.25) is 4.79 Å². The number of benzene rings is 1. The van der Waals surface area contributed by atoms with Crippen LogP contribution in [-0.4, -0.2) is 26.2 Å². The molecule has 6 heteroatoms. The van der Waals surface area contributed by atoms with E-state index in [0.717, 1.165) is 36.4 Å². The molecule has 2 bridgehead atoms. The van der Waals surface area contributed by atoms with Gasteiger partial charge in [0.2, 0.25) is 0 Å². The quantitative estimate of drug-likeness (QED) is 0.658. The lowest BCUT2D eigenvalue weighted by Gasteiger charge is -2.21. The van der Waals surface area contributed by atoms with Crippen molar-refractivity contribution in [3.8, 4) is 11.5 Å². The van der Waals surface area contributed by atoms with E-state index in [0.29, 0.717) is 16.5 Å². The number of fused-ring (bicyclic) bond motifs is 2. The fraction of sp³-hybridized carbons (Fsp3) is 0.632. The summed E-state index contributed by atoms with van der Waals surface area (Å²) in [7, 11) is 1.55. The number of hydrogen-bond acceptors (Lipinski definition) is 4. The Bertz CT molecular complexity index is 623. The average Bonchev–Trinajstić information content (AvgIpc) is 3.20. The molecule has 3 atom stereocenters. The molecule has 0 aliphatic heterocycles. The maximum absolute atomic E-state index is 10.9. The summed E-state index contributed by atoms with van der Waals surface area (Å²) in [5.74, 6) is 3.21. The van der Waals surface area contributed by atoms with E-state index < -0.39 is 5.91 Å². The molecule has 2 saturated carbocycles. The van der Waals surface area contributed by atoms with Crippen LogP contribution >= 0.6 is 11.6 Å². The van der Waals surface area contributed by atoms with Crippen molar-refractivity contribution in [2.75, 3.05) is 20.3 Å². The Morgan fingerprint density at radius 1 is 1.36 bits per heavy atom. The molecule has 2 aliphatic rings. The summed E-state index contributed by atoms with van der Waals surface area (Å²) in [6.45, 7) is 1.53. The van der Waals surface area contributed by atoms with Crippen LogP contribution in [0.2, 0.25) is 5.02 Å². The third kappa shape index (κ3) is 4.59. The van der Waals surface area contributed by atoms with Crippen LogP contribution in [-0.2, 0) is 11.3 Å². The lowest BCUT2D eigenvalue weighted by molar-refractivity contribution is -0.119. The Morgan fingerprint density at radius 3 is 2.84 bits per heavy atom. The Morgan fingerprint density at radius 2 is 2.20 bits per heavy atom. The molecule has 1 amide bonds. The molecule has 0 heterocycles. The fourth-order valence-electron chi connectivity index (χ4n) is 4.41. The van der Waals surface area contributed by atoms with Gasteiger partial charge in [0.15, 0.2) is 18.1 Å². The first-order valence-corrected chi connectivity index (χ1v) is 9.42. The lowest BCUT2D eigenvalue weighted by Crippen LogP contribution is -2.21. The second kappa shape index (κ2) is 8.28. The summed E-state index contributed by atoms with van der Waals surface area (Å²) in [5, 5.41) is 3.93. The van der Waals surface area contributed by atoms with Crippen molar-refractivity contribution in [1.29, 1.82) is 0 Å². The molecule has 0 spiro atoms. The van der Waals surface area contributed by atoms with Crippen molar-refractivity contribution in [3.05, 3.63) is 22.7 Å². The third-order valence-electron chi connectivity index (χ3n) is 5.55. The maximum atomic E-state index is 10.9. The Hall–Kier alpha value is -1.46. The smallest absolute Gasteiger partial charge is 0.255 e. The molecule has 0 radical (unpaired) electrons. The van der Waals surface area contributed by atoms with Crippen molar-refractivity contribution in [2.45, 2.75) is 38.6 Å². The summed E-state index contributed by atoms with van der Waals surface area (Å²) in [6.07, 6.45) is 7.04. The van der Waals surface area contributed by atoms with Gasteiger partial charge in [-0.15, -0.1) is 0 Å². The fourth-order valence-corrected chi connectivity index (χ4v) is 4.70. The van der Waals surface area contributed by atoms with Gasteiger partial charge in [-0.2, -0.15) is 0 Å². The highest BCUT2D eigenvalue weighted by atomic mass is 35.5. The van der Waals surface area contributed by atoms with Crippen LogP contribution in [0.5, 0.6) is 11.5 Å². The van der Waals surface area contributed by atoms with E-state index in [2.05, 4.69) is 5.32 Å². The molecule has 138 valence electrons. The molecule has 3 unspecified atom stereocenters.